The zero-order valence-corrected chi connectivity index (χ0v) is 20.4. The van der Waals surface area contributed by atoms with E-state index < -0.39 is 15.9 Å². The maximum absolute atomic E-state index is 13.8. The maximum Gasteiger partial charge on any atom is 0.270 e. The van der Waals surface area contributed by atoms with E-state index in [1.807, 2.05) is 30.3 Å². The molecule has 1 aliphatic rings. The van der Waals surface area contributed by atoms with Crippen molar-refractivity contribution in [2.24, 2.45) is 0 Å². The van der Waals surface area contributed by atoms with Crippen molar-refractivity contribution in [1.29, 1.82) is 0 Å². The molecule has 0 atom stereocenters. The van der Waals surface area contributed by atoms with Crippen molar-refractivity contribution in [2.75, 3.05) is 23.8 Å². The summed E-state index contributed by atoms with van der Waals surface area (Å²) >= 11 is 5.92. The Morgan fingerprint density at radius 3 is 2.21 bits per heavy atom. The van der Waals surface area contributed by atoms with Gasteiger partial charge in [-0.1, -0.05) is 41.9 Å². The van der Waals surface area contributed by atoms with Crippen molar-refractivity contribution in [2.45, 2.75) is 13.5 Å². The number of rotatable bonds is 6. The molecule has 0 saturated heterocycles. The first kappa shape index (κ1) is 23.7. The summed E-state index contributed by atoms with van der Waals surface area (Å²) < 4.78 is 39.8. The molecule has 176 valence electrons. The number of hydrogen-bond acceptors (Lipinski definition) is 5. The zero-order chi connectivity index (χ0) is 24.5. The van der Waals surface area contributed by atoms with Crippen LogP contribution >= 0.6 is 11.6 Å². The number of ether oxygens (including phenoxy) is 2. The number of hydrogen-bond donors (Lipinski definition) is 1. The molecule has 3 aromatic carbocycles. The van der Waals surface area contributed by atoms with Gasteiger partial charge in [0.05, 0.1) is 26.5 Å². The minimum Gasteiger partial charge on any atom is -0.493 e. The first-order valence-corrected chi connectivity index (χ1v) is 12.2. The second-order valence-electron chi connectivity index (χ2n) is 7.64. The normalized spacial score (nSPS) is 14.4. The van der Waals surface area contributed by atoms with Gasteiger partial charge in [-0.2, -0.15) is 0 Å². The SMILES string of the molecule is COc1cc2c(cc1OC)N(Cc1ccccc1)S(=O)(=O)C(C(=O)Nc1ccc(Cl)cc1)=C2C. The average Bonchev–Trinajstić information content (AvgIpc) is 2.83. The van der Waals surface area contributed by atoms with Crippen LogP contribution in [0.4, 0.5) is 11.4 Å². The number of carbonyl (C=O) groups is 1. The van der Waals surface area contributed by atoms with E-state index in [0.29, 0.717) is 39.0 Å². The number of carbonyl (C=O) groups excluding carboxylic acids is 1. The molecule has 7 nitrogen and oxygen atoms in total. The van der Waals surface area contributed by atoms with Crippen LogP contribution in [0.15, 0.2) is 71.6 Å². The van der Waals surface area contributed by atoms with E-state index in [4.69, 9.17) is 21.1 Å². The smallest absolute Gasteiger partial charge is 0.270 e. The number of anilines is 2. The summed E-state index contributed by atoms with van der Waals surface area (Å²) in [5.41, 5.74) is 2.47. The van der Waals surface area contributed by atoms with Gasteiger partial charge in [0.1, 0.15) is 0 Å². The molecule has 0 saturated carbocycles. The van der Waals surface area contributed by atoms with E-state index in [2.05, 4.69) is 5.32 Å². The van der Waals surface area contributed by atoms with Crippen molar-refractivity contribution in [1.82, 2.24) is 0 Å². The second-order valence-corrected chi connectivity index (χ2v) is 9.87. The minimum absolute atomic E-state index is 0.0384. The van der Waals surface area contributed by atoms with Crippen molar-refractivity contribution >= 4 is 44.5 Å². The van der Waals surface area contributed by atoms with Gasteiger partial charge < -0.3 is 14.8 Å². The first-order valence-electron chi connectivity index (χ1n) is 10.4. The Labute approximate surface area is 203 Å². The van der Waals surface area contributed by atoms with Gasteiger partial charge in [-0.15, -0.1) is 0 Å². The van der Waals surface area contributed by atoms with Gasteiger partial charge in [-0.05, 0) is 48.4 Å². The Kier molecular flexibility index (Phi) is 6.54. The van der Waals surface area contributed by atoms with Crippen molar-refractivity contribution in [3.63, 3.8) is 0 Å². The van der Waals surface area contributed by atoms with Crippen LogP contribution in [0, 0.1) is 0 Å². The Morgan fingerprint density at radius 1 is 0.971 bits per heavy atom. The highest BCUT2D eigenvalue weighted by Crippen LogP contribution is 2.45. The molecule has 0 aliphatic carbocycles. The Bertz CT molecular complexity index is 1370. The van der Waals surface area contributed by atoms with E-state index in [9.17, 15) is 13.2 Å². The molecular weight excluding hydrogens is 476 g/mol. The van der Waals surface area contributed by atoms with Crippen LogP contribution < -0.4 is 19.1 Å². The number of fused-ring (bicyclic) bond motifs is 1. The third-order valence-electron chi connectivity index (χ3n) is 5.54. The van der Waals surface area contributed by atoms with Crippen LogP contribution in [-0.2, 0) is 21.4 Å². The largest absolute Gasteiger partial charge is 0.493 e. The Morgan fingerprint density at radius 2 is 1.59 bits per heavy atom. The van der Waals surface area contributed by atoms with Crippen LogP contribution in [-0.4, -0.2) is 28.5 Å². The number of benzene rings is 3. The number of allylic oxidation sites excluding steroid dienone is 1. The van der Waals surface area contributed by atoms with Gasteiger partial charge in [0.15, 0.2) is 16.4 Å². The predicted molar refractivity (Wildman–Crippen MR) is 134 cm³/mol. The van der Waals surface area contributed by atoms with E-state index in [-0.39, 0.29) is 11.4 Å². The molecule has 0 fully saturated rings. The third-order valence-corrected chi connectivity index (χ3v) is 7.71. The quantitative estimate of drug-likeness (QED) is 0.512. The van der Waals surface area contributed by atoms with E-state index >= 15 is 0 Å². The molecule has 3 aromatic rings. The predicted octanol–water partition coefficient (Wildman–Crippen LogP) is 5.08. The molecule has 1 aliphatic heterocycles. The highest BCUT2D eigenvalue weighted by atomic mass is 35.5. The highest BCUT2D eigenvalue weighted by Gasteiger charge is 2.40. The summed E-state index contributed by atoms with van der Waals surface area (Å²) in [4.78, 5) is 13.0. The molecule has 0 spiro atoms. The first-order chi connectivity index (χ1) is 16.3. The third kappa shape index (κ3) is 4.34. The second kappa shape index (κ2) is 9.40. The van der Waals surface area contributed by atoms with Crippen molar-refractivity contribution < 1.29 is 22.7 Å². The molecule has 0 unspecified atom stereocenters. The molecule has 1 amide bonds. The molecule has 9 heteroatoms. The highest BCUT2D eigenvalue weighted by molar-refractivity contribution is 7.97. The lowest BCUT2D eigenvalue weighted by Crippen LogP contribution is -2.39. The number of methoxy groups -OCH3 is 2. The molecule has 34 heavy (non-hydrogen) atoms. The topological polar surface area (TPSA) is 84.9 Å². The molecular formula is C25H23ClN2O5S. The molecule has 0 aromatic heterocycles. The van der Waals surface area contributed by atoms with Crippen LogP contribution in [0.5, 0.6) is 11.5 Å². The minimum atomic E-state index is -4.22. The fourth-order valence-electron chi connectivity index (χ4n) is 3.86. The van der Waals surface area contributed by atoms with Crippen LogP contribution in [0.2, 0.25) is 5.02 Å². The van der Waals surface area contributed by atoms with Crippen LogP contribution in [0.1, 0.15) is 18.1 Å². The summed E-state index contributed by atoms with van der Waals surface area (Å²) in [6, 6.07) is 18.9. The summed E-state index contributed by atoms with van der Waals surface area (Å²) in [6.45, 7) is 1.65. The lowest BCUT2D eigenvalue weighted by molar-refractivity contribution is -0.112. The number of nitrogens with one attached hydrogen (secondary N) is 1. The number of amides is 1. The van der Waals surface area contributed by atoms with E-state index in [1.54, 1.807) is 43.3 Å². The van der Waals surface area contributed by atoms with Gasteiger partial charge in [-0.3, -0.25) is 9.10 Å². The van der Waals surface area contributed by atoms with Gasteiger partial charge in [0.2, 0.25) is 0 Å². The number of halogens is 1. The molecule has 0 radical (unpaired) electrons. The fourth-order valence-corrected chi connectivity index (χ4v) is 5.72. The summed E-state index contributed by atoms with van der Waals surface area (Å²) in [6.07, 6.45) is 0. The standard InChI is InChI=1S/C25H23ClN2O5S/c1-16-20-13-22(32-2)23(33-3)14-21(20)28(15-17-7-5-4-6-8-17)34(30,31)24(16)25(29)27-19-11-9-18(26)10-12-19/h4-14H,15H2,1-3H3,(H,27,29). The fraction of sp³-hybridized carbons (Fsp3) is 0.160. The monoisotopic (exact) mass is 498 g/mol. The van der Waals surface area contributed by atoms with Crippen LogP contribution in [0.25, 0.3) is 5.57 Å². The zero-order valence-electron chi connectivity index (χ0n) is 18.8. The van der Waals surface area contributed by atoms with E-state index in [1.165, 1.54) is 18.5 Å². The Hall–Kier alpha value is -3.49. The Balaban J connectivity index is 1.88. The number of sulfonamides is 1. The summed E-state index contributed by atoms with van der Waals surface area (Å²) in [5, 5.41) is 3.18. The van der Waals surface area contributed by atoms with E-state index in [0.717, 1.165) is 5.56 Å². The van der Waals surface area contributed by atoms with Gasteiger partial charge in [0.25, 0.3) is 15.9 Å². The molecule has 1 heterocycles. The summed E-state index contributed by atoms with van der Waals surface area (Å²) in [7, 11) is -1.24. The number of nitrogens with zero attached hydrogens (tertiary/aromatic N) is 1. The van der Waals surface area contributed by atoms with Gasteiger partial charge >= 0.3 is 0 Å². The lowest BCUT2D eigenvalue weighted by Gasteiger charge is -2.33. The molecule has 0 bridgehead atoms. The van der Waals surface area contributed by atoms with Crippen LogP contribution in [0.3, 0.4) is 0 Å². The summed E-state index contributed by atoms with van der Waals surface area (Å²) in [5.74, 6) is 0.0757. The molecule has 1 N–H and O–H groups in total. The molecule has 4 rings (SSSR count). The maximum atomic E-state index is 13.8. The van der Waals surface area contributed by atoms with Crippen molar-refractivity contribution in [3.8, 4) is 11.5 Å². The van der Waals surface area contributed by atoms with Crippen molar-refractivity contribution in [3.05, 3.63) is 87.8 Å². The van der Waals surface area contributed by atoms with Gasteiger partial charge in [0, 0.05) is 22.3 Å². The average molecular weight is 499 g/mol. The lowest BCUT2D eigenvalue weighted by atomic mass is 10.0. The van der Waals surface area contributed by atoms with Gasteiger partial charge in [-0.25, -0.2) is 8.42 Å².